The van der Waals surface area contributed by atoms with Crippen LogP contribution in [0, 0.1) is 0 Å². The van der Waals surface area contributed by atoms with Gasteiger partial charge >= 0.3 is 6.36 Å². The van der Waals surface area contributed by atoms with E-state index in [9.17, 15) is 18.0 Å². The van der Waals surface area contributed by atoms with Gasteiger partial charge in [0.2, 0.25) is 0 Å². The van der Waals surface area contributed by atoms with E-state index in [1.807, 2.05) is 6.07 Å². The summed E-state index contributed by atoms with van der Waals surface area (Å²) < 4.78 is 46.9. The summed E-state index contributed by atoms with van der Waals surface area (Å²) in [6.07, 6.45) is -3.35. The molecule has 176 valence electrons. The van der Waals surface area contributed by atoms with Crippen molar-refractivity contribution < 1.29 is 27.1 Å². The van der Waals surface area contributed by atoms with Gasteiger partial charge in [-0.3, -0.25) is 9.79 Å². The van der Waals surface area contributed by atoms with Crippen molar-refractivity contribution in [2.45, 2.75) is 19.5 Å². The zero-order valence-electron chi connectivity index (χ0n) is 17.5. The molecule has 0 fully saturated rings. The Bertz CT molecular complexity index is 1070. The first-order chi connectivity index (χ1) is 15.3. The van der Waals surface area contributed by atoms with E-state index in [0.29, 0.717) is 23.8 Å². The smallest absolute Gasteiger partial charge is 0.459 e. The van der Waals surface area contributed by atoms with Crippen LogP contribution in [-0.4, -0.2) is 25.3 Å². The van der Waals surface area contributed by atoms with E-state index in [-0.39, 0.29) is 47.9 Å². The van der Waals surface area contributed by atoms with Crippen LogP contribution in [0.5, 0.6) is 5.75 Å². The van der Waals surface area contributed by atoms with E-state index < -0.39 is 6.36 Å². The highest BCUT2D eigenvalue weighted by Gasteiger charge is 2.31. The summed E-state index contributed by atoms with van der Waals surface area (Å²) in [5.41, 5.74) is 1.77. The van der Waals surface area contributed by atoms with Gasteiger partial charge in [-0.1, -0.05) is 30.3 Å². The van der Waals surface area contributed by atoms with Gasteiger partial charge in [0.05, 0.1) is 6.26 Å². The lowest BCUT2D eigenvalue weighted by atomic mass is 10.2. The SMILES string of the molecule is CN=C(NCc1cccc(NC(=O)c2ccco2)c1)NCc1ccccc1OC(F)(F)F.I. The molecule has 3 aromatic rings. The van der Waals surface area contributed by atoms with Gasteiger partial charge in [-0.25, -0.2) is 0 Å². The maximum atomic E-state index is 12.6. The first kappa shape index (κ1) is 26.0. The van der Waals surface area contributed by atoms with E-state index in [1.165, 1.54) is 24.5 Å². The highest BCUT2D eigenvalue weighted by atomic mass is 127. The van der Waals surface area contributed by atoms with E-state index >= 15 is 0 Å². The fourth-order valence-electron chi connectivity index (χ4n) is 2.82. The number of ether oxygens (including phenoxy) is 1. The Labute approximate surface area is 205 Å². The number of halogens is 4. The molecule has 7 nitrogen and oxygen atoms in total. The van der Waals surface area contributed by atoms with Crippen LogP contribution < -0.4 is 20.7 Å². The summed E-state index contributed by atoms with van der Waals surface area (Å²) in [4.78, 5) is 16.2. The second-order valence-corrected chi connectivity index (χ2v) is 6.57. The van der Waals surface area contributed by atoms with Crippen molar-refractivity contribution in [2.75, 3.05) is 12.4 Å². The summed E-state index contributed by atoms with van der Waals surface area (Å²) >= 11 is 0. The summed E-state index contributed by atoms with van der Waals surface area (Å²) in [5.74, 6) is -0.0509. The number of hydrogen-bond donors (Lipinski definition) is 3. The molecule has 0 spiro atoms. The molecule has 0 aliphatic carbocycles. The molecule has 2 aromatic carbocycles. The molecule has 0 aliphatic heterocycles. The average molecular weight is 574 g/mol. The summed E-state index contributed by atoms with van der Waals surface area (Å²) in [6, 6.07) is 16.2. The highest BCUT2D eigenvalue weighted by Crippen LogP contribution is 2.26. The highest BCUT2D eigenvalue weighted by molar-refractivity contribution is 14.0. The van der Waals surface area contributed by atoms with Gasteiger partial charge in [0.25, 0.3) is 5.91 Å². The Kier molecular flexibility index (Phi) is 9.57. The van der Waals surface area contributed by atoms with Gasteiger partial charge in [0.15, 0.2) is 11.7 Å². The largest absolute Gasteiger partial charge is 0.573 e. The van der Waals surface area contributed by atoms with Crippen molar-refractivity contribution in [3.05, 3.63) is 83.8 Å². The van der Waals surface area contributed by atoms with Gasteiger partial charge in [-0.2, -0.15) is 0 Å². The maximum Gasteiger partial charge on any atom is 0.573 e. The number of carbonyl (C=O) groups excluding carboxylic acids is 1. The molecule has 1 aromatic heterocycles. The minimum Gasteiger partial charge on any atom is -0.459 e. The third-order valence-electron chi connectivity index (χ3n) is 4.26. The summed E-state index contributed by atoms with van der Waals surface area (Å²) in [7, 11) is 1.55. The number of guanidine groups is 1. The molecule has 0 aliphatic rings. The van der Waals surface area contributed by atoms with Crippen molar-refractivity contribution in [2.24, 2.45) is 4.99 Å². The van der Waals surface area contributed by atoms with Crippen LogP contribution in [0.4, 0.5) is 18.9 Å². The number of aliphatic imine (C=N–C) groups is 1. The number of nitrogens with one attached hydrogen (secondary N) is 3. The Morgan fingerprint density at radius 3 is 2.48 bits per heavy atom. The van der Waals surface area contributed by atoms with Crippen molar-refractivity contribution >= 4 is 41.5 Å². The lowest BCUT2D eigenvalue weighted by molar-refractivity contribution is -0.274. The van der Waals surface area contributed by atoms with Crippen LogP contribution in [0.3, 0.4) is 0 Å². The number of benzene rings is 2. The van der Waals surface area contributed by atoms with Gasteiger partial charge < -0.3 is 25.1 Å². The van der Waals surface area contributed by atoms with E-state index in [0.717, 1.165) is 5.56 Å². The molecule has 3 N–H and O–H groups in total. The van der Waals surface area contributed by atoms with Crippen LogP contribution in [0.2, 0.25) is 0 Å². The zero-order chi connectivity index (χ0) is 23.0. The third-order valence-corrected chi connectivity index (χ3v) is 4.26. The van der Waals surface area contributed by atoms with Gasteiger partial charge in [0.1, 0.15) is 5.75 Å². The second kappa shape index (κ2) is 12.1. The molecule has 0 bridgehead atoms. The summed E-state index contributed by atoms with van der Waals surface area (Å²) in [5, 5.41) is 8.78. The van der Waals surface area contributed by atoms with Crippen LogP contribution in [0.25, 0.3) is 0 Å². The topological polar surface area (TPSA) is 87.9 Å². The zero-order valence-corrected chi connectivity index (χ0v) is 19.8. The standard InChI is InChI=1S/C22H21F3N4O3.HI/c1-26-21(28-14-16-7-2-3-9-18(16)32-22(23,24)25)27-13-15-6-4-8-17(12-15)29-20(30)19-10-5-11-31-19;/h2-12H,13-14H2,1H3,(H,29,30)(H2,26,27,28);1H. The van der Waals surface area contributed by atoms with E-state index in [2.05, 4.69) is 25.7 Å². The first-order valence-corrected chi connectivity index (χ1v) is 9.56. The normalized spacial score (nSPS) is 11.3. The molecular weight excluding hydrogens is 552 g/mol. The molecule has 11 heteroatoms. The molecule has 1 amide bonds. The number of anilines is 1. The fourth-order valence-corrected chi connectivity index (χ4v) is 2.82. The number of amides is 1. The van der Waals surface area contributed by atoms with Crippen LogP contribution in [-0.2, 0) is 13.1 Å². The van der Waals surface area contributed by atoms with Crippen molar-refractivity contribution in [1.29, 1.82) is 0 Å². The lowest BCUT2D eigenvalue weighted by Gasteiger charge is -2.16. The predicted octanol–water partition coefficient (Wildman–Crippen LogP) is 4.91. The number of alkyl halides is 3. The van der Waals surface area contributed by atoms with Gasteiger partial charge in [0, 0.05) is 31.4 Å². The minimum absolute atomic E-state index is 0. The fraction of sp³-hybridized carbons (Fsp3) is 0.182. The molecule has 0 saturated carbocycles. The Morgan fingerprint density at radius 2 is 1.79 bits per heavy atom. The Balaban J connectivity index is 0.00000385. The molecule has 3 rings (SSSR count). The number of furan rings is 1. The molecule has 0 unspecified atom stereocenters. The van der Waals surface area contributed by atoms with E-state index in [4.69, 9.17) is 4.42 Å². The number of nitrogens with zero attached hydrogens (tertiary/aromatic N) is 1. The van der Waals surface area contributed by atoms with Crippen LogP contribution >= 0.6 is 24.0 Å². The number of para-hydroxylation sites is 1. The van der Waals surface area contributed by atoms with Crippen LogP contribution in [0.15, 0.2) is 76.3 Å². The molecular formula is C22H22F3IN4O3. The quantitative estimate of drug-likeness (QED) is 0.212. The van der Waals surface area contributed by atoms with Crippen molar-refractivity contribution in [3.63, 3.8) is 0 Å². The molecule has 0 atom stereocenters. The van der Waals surface area contributed by atoms with Crippen molar-refractivity contribution in [3.8, 4) is 5.75 Å². The van der Waals surface area contributed by atoms with E-state index in [1.54, 1.807) is 43.4 Å². The number of rotatable bonds is 7. The van der Waals surface area contributed by atoms with Crippen LogP contribution in [0.1, 0.15) is 21.7 Å². The van der Waals surface area contributed by atoms with Gasteiger partial charge in [-0.05, 0) is 35.9 Å². The molecule has 0 radical (unpaired) electrons. The lowest BCUT2D eigenvalue weighted by Crippen LogP contribution is -2.36. The average Bonchev–Trinajstić information content (AvgIpc) is 3.29. The molecule has 33 heavy (non-hydrogen) atoms. The second-order valence-electron chi connectivity index (χ2n) is 6.57. The van der Waals surface area contributed by atoms with Crippen molar-refractivity contribution in [1.82, 2.24) is 10.6 Å². The number of carbonyl (C=O) groups is 1. The first-order valence-electron chi connectivity index (χ1n) is 9.56. The Morgan fingerprint density at radius 1 is 1.03 bits per heavy atom. The number of hydrogen-bond acceptors (Lipinski definition) is 4. The minimum atomic E-state index is -4.77. The summed E-state index contributed by atoms with van der Waals surface area (Å²) in [6.45, 7) is 0.440. The third kappa shape index (κ3) is 8.33. The van der Waals surface area contributed by atoms with Gasteiger partial charge in [-0.15, -0.1) is 37.1 Å². The molecule has 1 heterocycles. The monoisotopic (exact) mass is 574 g/mol. The Hall–Kier alpha value is -3.22. The maximum absolute atomic E-state index is 12.6. The predicted molar refractivity (Wildman–Crippen MR) is 129 cm³/mol. The molecule has 0 saturated heterocycles.